The molecule has 0 aliphatic rings. The lowest BCUT2D eigenvalue weighted by molar-refractivity contribution is 0.102. The van der Waals surface area contributed by atoms with E-state index in [2.05, 4.69) is 21.2 Å². The number of rotatable bonds is 2. The van der Waals surface area contributed by atoms with Crippen LogP contribution in [0.4, 0.5) is 5.69 Å². The molecule has 0 saturated carbocycles. The molecule has 0 saturated heterocycles. The van der Waals surface area contributed by atoms with E-state index in [0.717, 1.165) is 15.2 Å². The Bertz CT molecular complexity index is 874. The molecule has 4 heteroatoms. The monoisotopic (exact) mass is 355 g/mol. The van der Waals surface area contributed by atoms with Crippen LogP contribution in [0.5, 0.6) is 5.75 Å². The zero-order valence-electron chi connectivity index (χ0n) is 11.9. The summed E-state index contributed by atoms with van der Waals surface area (Å²) in [6, 6.07) is 16.8. The van der Waals surface area contributed by atoms with E-state index in [1.807, 2.05) is 49.4 Å². The minimum absolute atomic E-state index is 0.0169. The van der Waals surface area contributed by atoms with Crippen molar-refractivity contribution in [2.24, 2.45) is 0 Å². The number of hydrogen-bond acceptors (Lipinski definition) is 2. The SMILES string of the molecule is Cc1c(O)c(C(=O)Nc2ccccc2Br)cc2ccccc12. The van der Waals surface area contributed by atoms with Crippen molar-refractivity contribution in [2.75, 3.05) is 5.32 Å². The van der Waals surface area contributed by atoms with Gasteiger partial charge in [-0.2, -0.15) is 0 Å². The van der Waals surface area contributed by atoms with Gasteiger partial charge in [0.1, 0.15) is 5.75 Å². The summed E-state index contributed by atoms with van der Waals surface area (Å²) < 4.78 is 0.792. The van der Waals surface area contributed by atoms with Crippen LogP contribution in [0.3, 0.4) is 0 Å². The maximum absolute atomic E-state index is 12.5. The lowest BCUT2D eigenvalue weighted by Gasteiger charge is -2.12. The highest BCUT2D eigenvalue weighted by molar-refractivity contribution is 9.10. The van der Waals surface area contributed by atoms with Gasteiger partial charge in [-0.05, 0) is 57.4 Å². The number of para-hydroxylation sites is 1. The van der Waals surface area contributed by atoms with Crippen LogP contribution in [0, 0.1) is 6.92 Å². The maximum atomic E-state index is 12.5. The van der Waals surface area contributed by atoms with Crippen molar-refractivity contribution in [3.05, 3.63) is 70.2 Å². The number of hydrogen-bond donors (Lipinski definition) is 2. The first-order chi connectivity index (χ1) is 10.6. The van der Waals surface area contributed by atoms with Crippen molar-refractivity contribution in [1.29, 1.82) is 0 Å². The largest absolute Gasteiger partial charge is 0.507 e. The van der Waals surface area contributed by atoms with Crippen LogP contribution in [0.15, 0.2) is 59.1 Å². The van der Waals surface area contributed by atoms with Gasteiger partial charge >= 0.3 is 0 Å². The van der Waals surface area contributed by atoms with Crippen molar-refractivity contribution >= 4 is 38.3 Å². The molecule has 0 aliphatic heterocycles. The zero-order chi connectivity index (χ0) is 15.7. The highest BCUT2D eigenvalue weighted by Crippen LogP contribution is 2.31. The van der Waals surface area contributed by atoms with Crippen LogP contribution in [-0.4, -0.2) is 11.0 Å². The number of carbonyl (C=O) groups is 1. The van der Waals surface area contributed by atoms with E-state index in [-0.39, 0.29) is 17.2 Å². The van der Waals surface area contributed by atoms with Gasteiger partial charge in [-0.15, -0.1) is 0 Å². The van der Waals surface area contributed by atoms with E-state index in [0.29, 0.717) is 11.3 Å². The normalized spacial score (nSPS) is 10.6. The van der Waals surface area contributed by atoms with Crippen LogP contribution >= 0.6 is 15.9 Å². The molecule has 0 aliphatic carbocycles. The number of fused-ring (bicyclic) bond motifs is 1. The molecule has 0 unspecified atom stereocenters. The summed E-state index contributed by atoms with van der Waals surface area (Å²) in [7, 11) is 0. The first-order valence-electron chi connectivity index (χ1n) is 6.85. The van der Waals surface area contributed by atoms with E-state index in [1.54, 1.807) is 12.1 Å². The number of phenols is 1. The number of carbonyl (C=O) groups excluding carboxylic acids is 1. The predicted molar refractivity (Wildman–Crippen MR) is 92.4 cm³/mol. The van der Waals surface area contributed by atoms with Gasteiger partial charge in [0.15, 0.2) is 0 Å². The minimum Gasteiger partial charge on any atom is -0.507 e. The molecular weight excluding hydrogens is 342 g/mol. The van der Waals surface area contributed by atoms with Crippen molar-refractivity contribution < 1.29 is 9.90 Å². The Morgan fingerprint density at radius 2 is 1.77 bits per heavy atom. The molecule has 2 N–H and O–H groups in total. The van der Waals surface area contributed by atoms with E-state index in [4.69, 9.17) is 0 Å². The Labute approximate surface area is 136 Å². The number of halogens is 1. The number of nitrogens with one attached hydrogen (secondary N) is 1. The Hall–Kier alpha value is -2.33. The number of aromatic hydroxyl groups is 1. The third-order valence-corrected chi connectivity index (χ3v) is 4.33. The molecule has 3 aromatic rings. The molecule has 22 heavy (non-hydrogen) atoms. The highest BCUT2D eigenvalue weighted by atomic mass is 79.9. The average Bonchev–Trinajstić information content (AvgIpc) is 2.53. The standard InChI is InChI=1S/C18H14BrNO2/c1-11-13-7-3-2-6-12(13)10-14(17(11)21)18(22)20-16-9-5-4-8-15(16)19/h2-10,21H,1H3,(H,20,22). The molecule has 3 nitrogen and oxygen atoms in total. The van der Waals surface area contributed by atoms with Crippen molar-refractivity contribution in [2.45, 2.75) is 6.92 Å². The van der Waals surface area contributed by atoms with Crippen LogP contribution < -0.4 is 5.32 Å². The van der Waals surface area contributed by atoms with E-state index < -0.39 is 0 Å². The summed E-state index contributed by atoms with van der Waals surface area (Å²) >= 11 is 3.39. The fraction of sp³-hybridized carbons (Fsp3) is 0.0556. The molecule has 0 bridgehead atoms. The van der Waals surface area contributed by atoms with Crippen molar-refractivity contribution in [1.82, 2.24) is 0 Å². The van der Waals surface area contributed by atoms with E-state index >= 15 is 0 Å². The van der Waals surface area contributed by atoms with Crippen molar-refractivity contribution in [3.63, 3.8) is 0 Å². The quantitative estimate of drug-likeness (QED) is 0.688. The Kier molecular flexibility index (Phi) is 3.86. The second-order valence-electron chi connectivity index (χ2n) is 5.05. The molecule has 0 radical (unpaired) electrons. The van der Waals surface area contributed by atoms with Crippen molar-refractivity contribution in [3.8, 4) is 5.75 Å². The first kappa shape index (κ1) is 14.6. The number of anilines is 1. The fourth-order valence-corrected chi connectivity index (χ4v) is 2.83. The average molecular weight is 356 g/mol. The third kappa shape index (κ3) is 2.57. The topological polar surface area (TPSA) is 49.3 Å². The Balaban J connectivity index is 2.04. The smallest absolute Gasteiger partial charge is 0.259 e. The van der Waals surface area contributed by atoms with Gasteiger partial charge in [-0.3, -0.25) is 4.79 Å². The molecule has 0 fully saturated rings. The number of phenolic OH excluding ortho intramolecular Hbond substituents is 1. The molecule has 3 rings (SSSR count). The van der Waals surface area contributed by atoms with Crippen LogP contribution in [-0.2, 0) is 0 Å². The number of aryl methyl sites for hydroxylation is 1. The fourth-order valence-electron chi connectivity index (χ4n) is 2.44. The molecule has 0 atom stereocenters. The minimum atomic E-state index is -0.335. The molecule has 0 aromatic heterocycles. The lowest BCUT2D eigenvalue weighted by atomic mass is 10.00. The van der Waals surface area contributed by atoms with Crippen LogP contribution in [0.25, 0.3) is 10.8 Å². The summed E-state index contributed by atoms with van der Waals surface area (Å²) in [6.45, 7) is 1.81. The van der Waals surface area contributed by atoms with Gasteiger partial charge < -0.3 is 10.4 Å². The highest BCUT2D eigenvalue weighted by Gasteiger charge is 2.16. The molecule has 110 valence electrons. The summed E-state index contributed by atoms with van der Waals surface area (Å²) in [4.78, 5) is 12.5. The summed E-state index contributed by atoms with van der Waals surface area (Å²) in [5, 5.41) is 15.0. The predicted octanol–water partition coefficient (Wildman–Crippen LogP) is 4.87. The lowest BCUT2D eigenvalue weighted by Crippen LogP contribution is -2.13. The summed E-state index contributed by atoms with van der Waals surface area (Å²) in [5.74, 6) is -0.318. The number of benzene rings is 3. The van der Waals surface area contributed by atoms with Gasteiger partial charge in [0, 0.05) is 4.47 Å². The van der Waals surface area contributed by atoms with Gasteiger partial charge in [0.2, 0.25) is 0 Å². The molecule has 0 heterocycles. The second-order valence-corrected chi connectivity index (χ2v) is 5.91. The molecular formula is C18H14BrNO2. The second kappa shape index (κ2) is 5.81. The molecule has 0 spiro atoms. The van der Waals surface area contributed by atoms with Crippen LogP contribution in [0.1, 0.15) is 15.9 Å². The van der Waals surface area contributed by atoms with Crippen LogP contribution in [0.2, 0.25) is 0 Å². The molecule has 3 aromatic carbocycles. The maximum Gasteiger partial charge on any atom is 0.259 e. The van der Waals surface area contributed by atoms with Gasteiger partial charge in [0.05, 0.1) is 11.3 Å². The van der Waals surface area contributed by atoms with E-state index in [1.165, 1.54) is 0 Å². The van der Waals surface area contributed by atoms with Gasteiger partial charge in [-0.1, -0.05) is 36.4 Å². The summed E-state index contributed by atoms with van der Waals surface area (Å²) in [5.41, 5.74) is 1.64. The zero-order valence-corrected chi connectivity index (χ0v) is 13.5. The molecule has 1 amide bonds. The van der Waals surface area contributed by atoms with E-state index in [9.17, 15) is 9.90 Å². The van der Waals surface area contributed by atoms with Gasteiger partial charge in [0.25, 0.3) is 5.91 Å². The van der Waals surface area contributed by atoms with Gasteiger partial charge in [-0.25, -0.2) is 0 Å². The summed E-state index contributed by atoms with van der Waals surface area (Å²) in [6.07, 6.45) is 0. The first-order valence-corrected chi connectivity index (χ1v) is 7.64. The number of amides is 1. The Morgan fingerprint density at radius 1 is 1.09 bits per heavy atom. The third-order valence-electron chi connectivity index (χ3n) is 3.64. The Morgan fingerprint density at radius 3 is 2.55 bits per heavy atom.